The molecule has 0 N–H and O–H groups in total. The molecule has 14 heteroatoms. The summed E-state index contributed by atoms with van der Waals surface area (Å²) in [6.07, 6.45) is 1.94. The number of ether oxygens (including phenoxy) is 1. The van der Waals surface area contributed by atoms with E-state index in [0.717, 1.165) is 12.3 Å². The summed E-state index contributed by atoms with van der Waals surface area (Å²) in [7, 11) is -3.41. The number of ketones is 2. The van der Waals surface area contributed by atoms with E-state index in [0.29, 0.717) is 26.3 Å². The summed E-state index contributed by atoms with van der Waals surface area (Å²) in [5, 5.41) is 0. The molecule has 2 fully saturated rings. The predicted octanol–water partition coefficient (Wildman–Crippen LogP) is 1.63. The quantitative estimate of drug-likeness (QED) is 0.332. The molecule has 2 aliphatic heterocycles. The first-order valence-corrected chi connectivity index (χ1v) is 15.0. The first kappa shape index (κ1) is 28.9. The highest BCUT2D eigenvalue weighted by molar-refractivity contribution is 7.88. The van der Waals surface area contributed by atoms with Crippen molar-refractivity contribution in [2.75, 3.05) is 68.5 Å². The summed E-state index contributed by atoms with van der Waals surface area (Å²) >= 11 is 0. The topological polar surface area (TPSA) is 126 Å². The van der Waals surface area contributed by atoms with E-state index >= 15 is 0 Å². The normalized spacial score (nSPS) is 22.1. The Kier molecular flexibility index (Phi) is 8.25. The number of allylic oxidation sites excluding steroid dienone is 4. The summed E-state index contributed by atoms with van der Waals surface area (Å²) in [5.74, 6) is -1.95. The summed E-state index contributed by atoms with van der Waals surface area (Å²) in [6.45, 7) is 2.46. The van der Waals surface area contributed by atoms with Crippen LogP contribution in [0.1, 0.15) is 22.6 Å². The number of aromatic nitrogens is 3. The SMILES string of the molecule is CS(=O)(=O)N1CCN(c2nc(N3CCOCC3)nc(C3(C(=O)C(=O)c4ccccc4)CC=CC=C3C(F)F)n2)CC1. The minimum atomic E-state index is -3.41. The minimum Gasteiger partial charge on any atom is -0.378 e. The van der Waals surface area contributed by atoms with Gasteiger partial charge in [0.05, 0.1) is 19.5 Å². The Labute approximate surface area is 236 Å². The van der Waals surface area contributed by atoms with Crippen LogP contribution in [0.2, 0.25) is 0 Å². The molecule has 3 heterocycles. The average Bonchev–Trinajstić information content (AvgIpc) is 3.00. The Balaban J connectivity index is 1.64. The molecule has 3 aliphatic rings. The van der Waals surface area contributed by atoms with Gasteiger partial charge in [-0.15, -0.1) is 0 Å². The van der Waals surface area contributed by atoms with Crippen LogP contribution in [0.5, 0.6) is 0 Å². The summed E-state index contributed by atoms with van der Waals surface area (Å²) in [6, 6.07) is 7.77. The van der Waals surface area contributed by atoms with Gasteiger partial charge in [0.15, 0.2) is 5.82 Å². The summed E-state index contributed by atoms with van der Waals surface area (Å²) < 4.78 is 60.2. The largest absolute Gasteiger partial charge is 0.378 e. The van der Waals surface area contributed by atoms with Gasteiger partial charge < -0.3 is 14.5 Å². The second-order valence-corrected chi connectivity index (χ2v) is 12.0. The van der Waals surface area contributed by atoms with Crippen LogP contribution in [-0.4, -0.2) is 104 Å². The molecule has 5 rings (SSSR count). The third-order valence-corrected chi connectivity index (χ3v) is 8.77. The van der Waals surface area contributed by atoms with Gasteiger partial charge in [0.2, 0.25) is 33.5 Å². The van der Waals surface area contributed by atoms with E-state index in [2.05, 4.69) is 15.0 Å². The van der Waals surface area contributed by atoms with E-state index in [1.54, 1.807) is 29.2 Å². The molecule has 0 bridgehead atoms. The van der Waals surface area contributed by atoms with E-state index in [1.165, 1.54) is 22.5 Å². The number of Topliss-reactive ketones (excluding diaryl/α,β-unsaturated/α-hetero) is 2. The number of sulfonamides is 1. The molecule has 2 aromatic rings. The monoisotopic (exact) mass is 588 g/mol. The molecular formula is C27H30F2N6O5S. The molecule has 0 saturated carbocycles. The van der Waals surface area contributed by atoms with Gasteiger partial charge in [0.25, 0.3) is 6.43 Å². The van der Waals surface area contributed by atoms with Gasteiger partial charge in [-0.05, 0) is 6.42 Å². The van der Waals surface area contributed by atoms with Crippen molar-refractivity contribution in [2.24, 2.45) is 0 Å². The van der Waals surface area contributed by atoms with Gasteiger partial charge in [-0.3, -0.25) is 9.59 Å². The van der Waals surface area contributed by atoms with Crippen molar-refractivity contribution >= 4 is 33.5 Å². The maximum absolute atomic E-state index is 14.7. The molecule has 41 heavy (non-hydrogen) atoms. The molecule has 218 valence electrons. The number of hydrogen-bond donors (Lipinski definition) is 0. The van der Waals surface area contributed by atoms with Crippen molar-refractivity contribution in [3.8, 4) is 0 Å². The summed E-state index contributed by atoms with van der Waals surface area (Å²) in [4.78, 5) is 44.8. The van der Waals surface area contributed by atoms with Gasteiger partial charge in [-0.1, -0.05) is 48.6 Å². The van der Waals surface area contributed by atoms with E-state index < -0.39 is 39.0 Å². The molecule has 1 aromatic heterocycles. The number of nitrogens with zero attached hydrogens (tertiary/aromatic N) is 6. The maximum atomic E-state index is 14.7. The number of carbonyl (C=O) groups excluding carboxylic acids is 2. The zero-order chi connectivity index (χ0) is 29.2. The standard InChI is InChI=1S/C27H30F2N6O5S/c1-41(38,39)35-13-11-33(12-14-35)25-30-24(31-26(32-25)34-15-17-40-18-16-34)27(10-6-5-9-20(27)23(28)29)22(37)21(36)19-7-3-2-4-8-19/h2-9,23H,10-18H2,1H3. The second-order valence-electron chi connectivity index (χ2n) is 9.99. The lowest BCUT2D eigenvalue weighted by Crippen LogP contribution is -2.50. The molecule has 0 radical (unpaired) electrons. The summed E-state index contributed by atoms with van der Waals surface area (Å²) in [5.41, 5.74) is -2.66. The second kappa shape index (κ2) is 11.7. The van der Waals surface area contributed by atoms with Gasteiger partial charge >= 0.3 is 0 Å². The number of rotatable bonds is 8. The van der Waals surface area contributed by atoms with Crippen LogP contribution in [0, 0.1) is 0 Å². The number of alkyl halides is 2. The highest BCUT2D eigenvalue weighted by atomic mass is 32.2. The smallest absolute Gasteiger partial charge is 0.261 e. The van der Waals surface area contributed by atoms with Gasteiger partial charge in [-0.2, -0.15) is 19.3 Å². The fourth-order valence-electron chi connectivity index (χ4n) is 5.21. The zero-order valence-corrected chi connectivity index (χ0v) is 23.3. The Morgan fingerprint density at radius 3 is 2.12 bits per heavy atom. The Morgan fingerprint density at radius 1 is 0.927 bits per heavy atom. The first-order valence-electron chi connectivity index (χ1n) is 13.2. The van der Waals surface area contributed by atoms with Crippen LogP contribution in [0.15, 0.2) is 54.1 Å². The predicted molar refractivity (Wildman–Crippen MR) is 147 cm³/mol. The zero-order valence-electron chi connectivity index (χ0n) is 22.4. The first-order chi connectivity index (χ1) is 19.6. The van der Waals surface area contributed by atoms with Crippen LogP contribution >= 0.6 is 0 Å². The lowest BCUT2D eigenvalue weighted by molar-refractivity contribution is -0.120. The van der Waals surface area contributed by atoms with Crippen LogP contribution in [0.4, 0.5) is 20.7 Å². The Morgan fingerprint density at radius 2 is 1.54 bits per heavy atom. The molecule has 1 aromatic carbocycles. The fourth-order valence-corrected chi connectivity index (χ4v) is 6.03. The number of halogens is 2. The Bertz CT molecular complexity index is 1470. The Hall–Kier alpha value is -3.62. The van der Waals surface area contributed by atoms with Crippen LogP contribution in [0.25, 0.3) is 0 Å². The number of carbonyl (C=O) groups is 2. The van der Waals surface area contributed by atoms with Crippen molar-refractivity contribution in [1.82, 2.24) is 19.3 Å². The molecule has 1 atom stereocenters. The van der Waals surface area contributed by atoms with Crippen molar-refractivity contribution < 1.29 is 31.5 Å². The van der Waals surface area contributed by atoms with Gasteiger partial charge in [-0.25, -0.2) is 17.2 Å². The number of anilines is 2. The van der Waals surface area contributed by atoms with Crippen molar-refractivity contribution in [2.45, 2.75) is 18.3 Å². The maximum Gasteiger partial charge on any atom is 0.261 e. The van der Waals surface area contributed by atoms with E-state index in [4.69, 9.17) is 4.74 Å². The minimum absolute atomic E-state index is 0.0691. The number of piperazine rings is 1. The number of hydrogen-bond acceptors (Lipinski definition) is 10. The highest BCUT2D eigenvalue weighted by Crippen LogP contribution is 2.42. The lowest BCUT2D eigenvalue weighted by atomic mass is 9.69. The molecule has 1 aliphatic carbocycles. The van der Waals surface area contributed by atoms with Gasteiger partial charge in [0.1, 0.15) is 5.41 Å². The molecule has 11 nitrogen and oxygen atoms in total. The van der Waals surface area contributed by atoms with Crippen LogP contribution in [0.3, 0.4) is 0 Å². The molecule has 0 amide bonds. The van der Waals surface area contributed by atoms with Crippen LogP contribution < -0.4 is 9.80 Å². The van der Waals surface area contributed by atoms with Crippen molar-refractivity contribution in [3.05, 3.63) is 65.5 Å². The van der Waals surface area contributed by atoms with E-state index in [9.17, 15) is 26.8 Å². The molecule has 2 saturated heterocycles. The van der Waals surface area contributed by atoms with Crippen molar-refractivity contribution in [3.63, 3.8) is 0 Å². The number of benzene rings is 1. The third-order valence-electron chi connectivity index (χ3n) is 7.47. The lowest BCUT2D eigenvalue weighted by Gasteiger charge is -2.37. The fraction of sp³-hybridized carbons (Fsp3) is 0.444. The third kappa shape index (κ3) is 5.76. The molecule has 0 spiro atoms. The van der Waals surface area contributed by atoms with Crippen molar-refractivity contribution in [1.29, 1.82) is 0 Å². The van der Waals surface area contributed by atoms with E-state index in [-0.39, 0.29) is 55.9 Å². The van der Waals surface area contributed by atoms with E-state index in [1.807, 2.05) is 4.90 Å². The highest BCUT2D eigenvalue weighted by Gasteiger charge is 2.52. The average molecular weight is 589 g/mol. The molecular weight excluding hydrogens is 558 g/mol. The number of morpholine rings is 1. The van der Waals surface area contributed by atoms with Gasteiger partial charge in [0, 0.05) is 50.4 Å². The van der Waals surface area contributed by atoms with Crippen LogP contribution in [-0.2, 0) is 25.0 Å². The molecule has 1 unspecified atom stereocenters.